The minimum Gasteiger partial charge on any atom is -0.365 e. The lowest BCUT2D eigenvalue weighted by atomic mass is 9.98. The monoisotopic (exact) mass is 322 g/mol. The second-order valence-electron chi connectivity index (χ2n) is 4.61. The van der Waals surface area contributed by atoms with Crippen LogP contribution in [0.5, 0.6) is 0 Å². The van der Waals surface area contributed by atoms with E-state index in [1.54, 1.807) is 12.1 Å². The number of halogens is 2. The summed E-state index contributed by atoms with van der Waals surface area (Å²) < 4.78 is 19.5. The zero-order chi connectivity index (χ0) is 13.7. The molecule has 0 spiro atoms. The van der Waals surface area contributed by atoms with Gasteiger partial charge in [-0.3, -0.25) is 0 Å². The zero-order valence-electron chi connectivity index (χ0n) is 10.8. The highest BCUT2D eigenvalue weighted by molar-refractivity contribution is 9.09. The predicted molar refractivity (Wildman–Crippen MR) is 78.8 cm³/mol. The molecule has 2 rings (SSSR count). The summed E-state index contributed by atoms with van der Waals surface area (Å²) in [5, 5.41) is 0.651. The van der Waals surface area contributed by atoms with Crippen LogP contribution in [0, 0.1) is 5.82 Å². The van der Waals surface area contributed by atoms with Gasteiger partial charge in [-0.25, -0.2) is 4.39 Å². The molecular weight excluding hydrogens is 307 g/mol. The first kappa shape index (κ1) is 14.2. The van der Waals surface area contributed by atoms with Crippen LogP contribution in [-0.4, -0.2) is 5.33 Å². The van der Waals surface area contributed by atoms with Crippen molar-refractivity contribution in [3.8, 4) is 0 Å². The first-order chi connectivity index (χ1) is 9.15. The molecular formula is C16H16BrFO. The Labute approximate surface area is 121 Å². The summed E-state index contributed by atoms with van der Waals surface area (Å²) in [6.07, 6.45) is 0. The molecule has 0 heterocycles. The normalized spacial score (nSPS) is 14.1. The van der Waals surface area contributed by atoms with E-state index in [0.29, 0.717) is 10.9 Å². The average Bonchev–Trinajstić information content (AvgIpc) is 2.47. The fourth-order valence-electron chi connectivity index (χ4n) is 1.84. The van der Waals surface area contributed by atoms with Crippen molar-refractivity contribution in [2.45, 2.75) is 19.1 Å². The van der Waals surface area contributed by atoms with Crippen molar-refractivity contribution in [2.75, 3.05) is 5.33 Å². The zero-order valence-corrected chi connectivity index (χ0v) is 12.4. The van der Waals surface area contributed by atoms with Gasteiger partial charge in [-0.05, 0) is 18.6 Å². The molecule has 1 unspecified atom stereocenters. The van der Waals surface area contributed by atoms with Crippen molar-refractivity contribution in [3.63, 3.8) is 0 Å². The molecule has 0 radical (unpaired) electrons. The molecule has 2 aromatic carbocycles. The molecule has 0 saturated carbocycles. The maximum Gasteiger partial charge on any atom is 0.128 e. The van der Waals surface area contributed by atoms with Crippen molar-refractivity contribution in [3.05, 3.63) is 71.5 Å². The van der Waals surface area contributed by atoms with Gasteiger partial charge in [0.05, 0.1) is 6.61 Å². The Bertz CT molecular complexity index is 529. The molecule has 3 heteroatoms. The maximum atomic E-state index is 13.6. The standard InChI is InChI=1S/C16H16BrFO/c1-16(12-17,14-8-3-2-4-9-14)19-11-13-7-5-6-10-15(13)18/h2-10H,11-12H2,1H3. The van der Waals surface area contributed by atoms with Crippen molar-refractivity contribution in [1.29, 1.82) is 0 Å². The minimum absolute atomic E-state index is 0.229. The summed E-state index contributed by atoms with van der Waals surface area (Å²) in [6, 6.07) is 16.6. The Morgan fingerprint density at radius 2 is 1.68 bits per heavy atom. The Morgan fingerprint density at radius 3 is 2.32 bits per heavy atom. The highest BCUT2D eigenvalue weighted by atomic mass is 79.9. The molecule has 0 fully saturated rings. The van der Waals surface area contributed by atoms with Crippen LogP contribution in [0.1, 0.15) is 18.1 Å². The quantitative estimate of drug-likeness (QED) is 0.728. The summed E-state index contributed by atoms with van der Waals surface area (Å²) in [7, 11) is 0. The van der Waals surface area contributed by atoms with Gasteiger partial charge in [0, 0.05) is 10.9 Å². The number of ether oxygens (including phenoxy) is 1. The van der Waals surface area contributed by atoms with E-state index in [4.69, 9.17) is 4.74 Å². The number of benzene rings is 2. The molecule has 100 valence electrons. The summed E-state index contributed by atoms with van der Waals surface area (Å²) in [5.74, 6) is -0.229. The lowest BCUT2D eigenvalue weighted by molar-refractivity contribution is -0.0299. The predicted octanol–water partition coefficient (Wildman–Crippen LogP) is 4.65. The van der Waals surface area contributed by atoms with E-state index < -0.39 is 5.60 Å². The van der Waals surface area contributed by atoms with Crippen LogP contribution in [0.2, 0.25) is 0 Å². The average molecular weight is 323 g/mol. The number of hydrogen-bond acceptors (Lipinski definition) is 1. The lowest BCUT2D eigenvalue weighted by Gasteiger charge is -2.28. The Morgan fingerprint density at radius 1 is 1.05 bits per heavy atom. The van der Waals surface area contributed by atoms with Crippen molar-refractivity contribution < 1.29 is 9.13 Å². The summed E-state index contributed by atoms with van der Waals surface area (Å²) in [4.78, 5) is 0. The van der Waals surface area contributed by atoms with Crippen LogP contribution in [0.4, 0.5) is 4.39 Å². The Kier molecular flexibility index (Phi) is 4.72. The molecule has 0 N–H and O–H groups in total. The third-order valence-electron chi connectivity index (χ3n) is 3.14. The van der Waals surface area contributed by atoms with E-state index in [-0.39, 0.29) is 12.4 Å². The first-order valence-electron chi connectivity index (χ1n) is 6.14. The highest BCUT2D eigenvalue weighted by Crippen LogP contribution is 2.28. The fourth-order valence-corrected chi connectivity index (χ4v) is 2.33. The van der Waals surface area contributed by atoms with Gasteiger partial charge in [0.1, 0.15) is 11.4 Å². The minimum atomic E-state index is -0.469. The molecule has 19 heavy (non-hydrogen) atoms. The van der Waals surface area contributed by atoms with Crippen LogP contribution < -0.4 is 0 Å². The van der Waals surface area contributed by atoms with Crippen LogP contribution >= 0.6 is 15.9 Å². The molecule has 0 aromatic heterocycles. The van der Waals surface area contributed by atoms with Gasteiger partial charge in [-0.15, -0.1) is 0 Å². The number of rotatable bonds is 5. The molecule has 2 aromatic rings. The molecule has 0 saturated heterocycles. The third kappa shape index (κ3) is 3.43. The molecule has 1 atom stereocenters. The van der Waals surface area contributed by atoms with E-state index in [9.17, 15) is 4.39 Å². The number of hydrogen-bond donors (Lipinski definition) is 0. The Balaban J connectivity index is 2.14. The largest absolute Gasteiger partial charge is 0.365 e. The van der Waals surface area contributed by atoms with E-state index in [2.05, 4.69) is 15.9 Å². The maximum absolute atomic E-state index is 13.6. The van der Waals surface area contributed by atoms with E-state index in [0.717, 1.165) is 5.56 Å². The fraction of sp³-hybridized carbons (Fsp3) is 0.250. The third-order valence-corrected chi connectivity index (χ3v) is 4.21. The van der Waals surface area contributed by atoms with Crippen molar-refractivity contribution in [1.82, 2.24) is 0 Å². The SMILES string of the molecule is CC(CBr)(OCc1ccccc1F)c1ccccc1. The summed E-state index contributed by atoms with van der Waals surface area (Å²) >= 11 is 3.48. The van der Waals surface area contributed by atoms with E-state index in [1.165, 1.54) is 6.07 Å². The van der Waals surface area contributed by atoms with Crippen LogP contribution in [0.3, 0.4) is 0 Å². The van der Waals surface area contributed by atoms with E-state index >= 15 is 0 Å². The van der Waals surface area contributed by atoms with Gasteiger partial charge in [0.2, 0.25) is 0 Å². The molecule has 1 nitrogen and oxygen atoms in total. The van der Waals surface area contributed by atoms with E-state index in [1.807, 2.05) is 43.3 Å². The van der Waals surface area contributed by atoms with Crippen LogP contribution in [0.15, 0.2) is 54.6 Å². The second kappa shape index (κ2) is 6.31. The van der Waals surface area contributed by atoms with Crippen LogP contribution in [0.25, 0.3) is 0 Å². The molecule has 0 aliphatic heterocycles. The summed E-state index contributed by atoms with van der Waals surface area (Å²) in [6.45, 7) is 2.25. The lowest BCUT2D eigenvalue weighted by Crippen LogP contribution is -2.27. The first-order valence-corrected chi connectivity index (χ1v) is 7.27. The molecule has 0 bridgehead atoms. The van der Waals surface area contributed by atoms with Gasteiger partial charge in [-0.1, -0.05) is 64.5 Å². The summed E-state index contributed by atoms with van der Waals surface area (Å²) in [5.41, 5.74) is 1.18. The van der Waals surface area contributed by atoms with Gasteiger partial charge in [-0.2, -0.15) is 0 Å². The Hall–Kier alpha value is -1.19. The second-order valence-corrected chi connectivity index (χ2v) is 5.17. The van der Waals surface area contributed by atoms with Crippen LogP contribution in [-0.2, 0) is 16.9 Å². The van der Waals surface area contributed by atoms with Gasteiger partial charge in [0.15, 0.2) is 0 Å². The van der Waals surface area contributed by atoms with Gasteiger partial charge < -0.3 is 4.74 Å². The van der Waals surface area contributed by atoms with Crippen molar-refractivity contribution in [2.24, 2.45) is 0 Å². The van der Waals surface area contributed by atoms with Gasteiger partial charge >= 0.3 is 0 Å². The number of alkyl halides is 1. The highest BCUT2D eigenvalue weighted by Gasteiger charge is 2.26. The molecule has 0 aliphatic rings. The topological polar surface area (TPSA) is 9.23 Å². The molecule has 0 aliphatic carbocycles. The van der Waals surface area contributed by atoms with Gasteiger partial charge in [0.25, 0.3) is 0 Å². The molecule has 0 amide bonds. The smallest absolute Gasteiger partial charge is 0.128 e. The van der Waals surface area contributed by atoms with Crippen molar-refractivity contribution >= 4 is 15.9 Å².